The van der Waals surface area contributed by atoms with Crippen LogP contribution < -0.4 is 10.5 Å². The summed E-state index contributed by atoms with van der Waals surface area (Å²) in [6.07, 6.45) is 0. The summed E-state index contributed by atoms with van der Waals surface area (Å²) in [4.78, 5) is 13.9. The van der Waals surface area contributed by atoms with Gasteiger partial charge in [-0.15, -0.1) is 0 Å². The van der Waals surface area contributed by atoms with Crippen molar-refractivity contribution >= 4 is 11.5 Å². The van der Waals surface area contributed by atoms with Crippen LogP contribution >= 0.6 is 0 Å². The summed E-state index contributed by atoms with van der Waals surface area (Å²) in [6.45, 7) is 1.56. The maximum atomic E-state index is 13.8. The number of ether oxygens (including phenoxy) is 1. The Labute approximate surface area is 107 Å². The van der Waals surface area contributed by atoms with Gasteiger partial charge < -0.3 is 10.5 Å². The second kappa shape index (κ2) is 4.89. The maximum absolute atomic E-state index is 13.8. The molecule has 0 aliphatic heterocycles. The molecule has 2 rings (SSSR count). The van der Waals surface area contributed by atoms with Gasteiger partial charge in [-0.05, 0) is 24.6 Å². The van der Waals surface area contributed by atoms with Crippen LogP contribution in [0.15, 0.2) is 30.3 Å². The molecule has 98 valence electrons. The Morgan fingerprint density at radius 1 is 1.37 bits per heavy atom. The van der Waals surface area contributed by atoms with Crippen molar-refractivity contribution < 1.29 is 14.1 Å². The summed E-state index contributed by atoms with van der Waals surface area (Å²) >= 11 is 0. The van der Waals surface area contributed by atoms with Crippen molar-refractivity contribution in [3.63, 3.8) is 0 Å². The topological polar surface area (TPSA) is 91.3 Å². The monoisotopic (exact) mass is 263 g/mol. The Balaban J connectivity index is 2.45. The number of benzene rings is 1. The molecule has 1 aromatic heterocycles. The molecule has 0 saturated heterocycles. The van der Waals surface area contributed by atoms with E-state index in [0.29, 0.717) is 5.56 Å². The number of halogens is 1. The number of rotatable bonds is 3. The highest BCUT2D eigenvalue weighted by atomic mass is 19.1. The van der Waals surface area contributed by atoms with Crippen molar-refractivity contribution in [1.82, 2.24) is 4.98 Å². The van der Waals surface area contributed by atoms with E-state index in [1.807, 2.05) is 0 Å². The van der Waals surface area contributed by atoms with Crippen LogP contribution in [0, 0.1) is 22.9 Å². The molecule has 0 fully saturated rings. The number of nitro groups is 1. The van der Waals surface area contributed by atoms with E-state index < -0.39 is 10.7 Å². The number of nitrogen functional groups attached to an aromatic ring is 1. The van der Waals surface area contributed by atoms with Crippen LogP contribution in [0.3, 0.4) is 0 Å². The van der Waals surface area contributed by atoms with Crippen LogP contribution in [0.25, 0.3) is 0 Å². The molecule has 0 amide bonds. The van der Waals surface area contributed by atoms with Gasteiger partial charge in [-0.25, -0.2) is 4.39 Å². The number of pyridine rings is 1. The average Bonchev–Trinajstić information content (AvgIpc) is 2.35. The van der Waals surface area contributed by atoms with Crippen molar-refractivity contribution in [3.05, 3.63) is 51.8 Å². The van der Waals surface area contributed by atoms with Gasteiger partial charge in [-0.2, -0.15) is 4.98 Å². The highest BCUT2D eigenvalue weighted by molar-refractivity contribution is 5.49. The predicted octanol–water partition coefficient (Wildman–Crippen LogP) is 2.81. The molecule has 0 unspecified atom stereocenters. The van der Waals surface area contributed by atoms with Crippen molar-refractivity contribution in [3.8, 4) is 11.6 Å². The van der Waals surface area contributed by atoms with Crippen LogP contribution in [0.1, 0.15) is 5.56 Å². The van der Waals surface area contributed by atoms with Crippen LogP contribution in [-0.2, 0) is 0 Å². The molecule has 0 bridgehead atoms. The molecule has 0 atom stereocenters. The zero-order valence-corrected chi connectivity index (χ0v) is 9.96. The third kappa shape index (κ3) is 2.59. The average molecular weight is 263 g/mol. The van der Waals surface area contributed by atoms with Gasteiger partial charge in [-0.1, -0.05) is 12.1 Å². The minimum Gasteiger partial charge on any atom is -0.430 e. The lowest BCUT2D eigenvalue weighted by atomic mass is 10.2. The molecule has 0 saturated carbocycles. The van der Waals surface area contributed by atoms with Gasteiger partial charge >= 0.3 is 11.6 Å². The van der Waals surface area contributed by atoms with Crippen molar-refractivity contribution in [1.29, 1.82) is 0 Å². The van der Waals surface area contributed by atoms with Gasteiger partial charge in [0.15, 0.2) is 11.6 Å². The number of aromatic nitrogens is 1. The van der Waals surface area contributed by atoms with Gasteiger partial charge in [0.25, 0.3) is 0 Å². The number of anilines is 1. The standard InChI is InChI=1S/C12H10FN3O3/c1-7-3-2-4-9(11(7)13)19-12-8(16(17)18)5-6-10(14)15-12/h2-6H,1H3,(H2,14,15). The fraction of sp³-hybridized carbons (Fsp3) is 0.0833. The zero-order chi connectivity index (χ0) is 14.0. The molecule has 0 radical (unpaired) electrons. The van der Waals surface area contributed by atoms with Crippen LogP contribution in [0.2, 0.25) is 0 Å². The van der Waals surface area contributed by atoms with Gasteiger partial charge in [-0.3, -0.25) is 10.1 Å². The number of nitrogens with two attached hydrogens (primary N) is 1. The lowest BCUT2D eigenvalue weighted by Gasteiger charge is -2.07. The molecular formula is C12H10FN3O3. The van der Waals surface area contributed by atoms with Crippen molar-refractivity contribution in [2.75, 3.05) is 5.73 Å². The Kier molecular flexibility index (Phi) is 3.28. The smallest absolute Gasteiger partial charge is 0.331 e. The Bertz CT molecular complexity index is 646. The minimum atomic E-state index is -0.671. The van der Waals surface area contributed by atoms with E-state index >= 15 is 0 Å². The predicted molar refractivity (Wildman–Crippen MR) is 66.5 cm³/mol. The third-order valence-corrected chi connectivity index (χ3v) is 2.42. The van der Waals surface area contributed by atoms with Gasteiger partial charge in [0.1, 0.15) is 5.82 Å². The number of hydrogen-bond acceptors (Lipinski definition) is 5. The Morgan fingerprint density at radius 3 is 2.79 bits per heavy atom. The molecule has 0 spiro atoms. The van der Waals surface area contributed by atoms with Crippen LogP contribution in [0.4, 0.5) is 15.9 Å². The summed E-state index contributed by atoms with van der Waals surface area (Å²) in [6, 6.07) is 6.93. The fourth-order valence-corrected chi connectivity index (χ4v) is 1.46. The molecule has 7 heteroatoms. The highest BCUT2D eigenvalue weighted by Gasteiger charge is 2.19. The number of nitrogens with zero attached hydrogens (tertiary/aromatic N) is 2. The van der Waals surface area contributed by atoms with E-state index in [9.17, 15) is 14.5 Å². The Morgan fingerprint density at radius 2 is 2.11 bits per heavy atom. The number of hydrogen-bond donors (Lipinski definition) is 1. The largest absolute Gasteiger partial charge is 0.430 e. The first-order valence-corrected chi connectivity index (χ1v) is 5.33. The van der Waals surface area contributed by atoms with Crippen LogP contribution in [0.5, 0.6) is 11.6 Å². The molecule has 2 N–H and O–H groups in total. The third-order valence-electron chi connectivity index (χ3n) is 2.42. The first-order chi connectivity index (χ1) is 8.99. The highest BCUT2D eigenvalue weighted by Crippen LogP contribution is 2.31. The second-order valence-corrected chi connectivity index (χ2v) is 3.81. The molecular weight excluding hydrogens is 253 g/mol. The van der Waals surface area contributed by atoms with E-state index in [4.69, 9.17) is 10.5 Å². The van der Waals surface area contributed by atoms with Gasteiger partial charge in [0, 0.05) is 6.07 Å². The molecule has 1 heterocycles. The summed E-state index contributed by atoms with van der Waals surface area (Å²) in [7, 11) is 0. The number of aryl methyl sites for hydroxylation is 1. The molecule has 19 heavy (non-hydrogen) atoms. The quantitative estimate of drug-likeness (QED) is 0.679. The van der Waals surface area contributed by atoms with E-state index in [2.05, 4.69) is 4.98 Å². The lowest BCUT2D eigenvalue weighted by Crippen LogP contribution is -2.00. The van der Waals surface area contributed by atoms with Crippen LogP contribution in [-0.4, -0.2) is 9.91 Å². The van der Waals surface area contributed by atoms with Gasteiger partial charge in [0.2, 0.25) is 0 Å². The summed E-state index contributed by atoms with van der Waals surface area (Å²) in [5, 5.41) is 10.8. The van der Waals surface area contributed by atoms with E-state index in [-0.39, 0.29) is 23.1 Å². The molecule has 0 aliphatic carbocycles. The summed E-state index contributed by atoms with van der Waals surface area (Å²) < 4.78 is 18.9. The minimum absolute atomic E-state index is 0.0497. The van der Waals surface area contributed by atoms with Crippen molar-refractivity contribution in [2.45, 2.75) is 6.92 Å². The van der Waals surface area contributed by atoms with Crippen molar-refractivity contribution in [2.24, 2.45) is 0 Å². The lowest BCUT2D eigenvalue weighted by molar-refractivity contribution is -0.386. The first kappa shape index (κ1) is 12.7. The van der Waals surface area contributed by atoms with E-state index in [1.54, 1.807) is 19.1 Å². The normalized spacial score (nSPS) is 10.2. The molecule has 6 nitrogen and oxygen atoms in total. The maximum Gasteiger partial charge on any atom is 0.331 e. The van der Waals surface area contributed by atoms with Gasteiger partial charge in [0.05, 0.1) is 4.92 Å². The van der Waals surface area contributed by atoms with E-state index in [0.717, 1.165) is 6.07 Å². The summed E-state index contributed by atoms with van der Waals surface area (Å²) in [5.74, 6) is -1.02. The Hall–Kier alpha value is -2.70. The zero-order valence-electron chi connectivity index (χ0n) is 9.96. The SMILES string of the molecule is Cc1cccc(Oc2nc(N)ccc2[N+](=O)[O-])c1F. The molecule has 1 aromatic carbocycles. The van der Waals surface area contributed by atoms with E-state index in [1.165, 1.54) is 12.1 Å². The molecule has 0 aliphatic rings. The molecule has 2 aromatic rings. The first-order valence-electron chi connectivity index (χ1n) is 5.33. The summed E-state index contributed by atoms with van der Waals surface area (Å²) in [5.41, 5.74) is 5.43. The fourth-order valence-electron chi connectivity index (χ4n) is 1.46. The second-order valence-electron chi connectivity index (χ2n) is 3.81.